The van der Waals surface area contributed by atoms with Gasteiger partial charge >= 0.3 is 11.9 Å². The molecule has 22 heavy (non-hydrogen) atoms. The Morgan fingerprint density at radius 1 is 1.09 bits per heavy atom. The smallest absolute Gasteiger partial charge is 0.320 e. The van der Waals surface area contributed by atoms with Crippen molar-refractivity contribution in [3.05, 3.63) is 35.9 Å². The van der Waals surface area contributed by atoms with Crippen LogP contribution in [0.4, 0.5) is 0 Å². The first-order chi connectivity index (χ1) is 10.2. The van der Waals surface area contributed by atoms with E-state index in [0.717, 1.165) is 5.56 Å². The quantitative estimate of drug-likeness (QED) is 0.687. The number of benzene rings is 1. The van der Waals surface area contributed by atoms with Gasteiger partial charge < -0.3 is 15.5 Å². The summed E-state index contributed by atoms with van der Waals surface area (Å²) < 4.78 is 0. The summed E-state index contributed by atoms with van der Waals surface area (Å²) in [6.45, 7) is 6.29. The predicted octanol–water partition coefficient (Wildman–Crippen LogP) is 2.72. The summed E-state index contributed by atoms with van der Waals surface area (Å²) in [5.41, 5.74) is 0.626. The molecule has 0 aliphatic rings. The van der Waals surface area contributed by atoms with Crippen molar-refractivity contribution >= 4 is 11.9 Å². The largest absolute Gasteiger partial charge is 0.481 e. The predicted molar refractivity (Wildman–Crippen MR) is 84.9 cm³/mol. The Morgan fingerprint density at radius 3 is 2.14 bits per heavy atom. The van der Waals surface area contributed by atoms with E-state index in [2.05, 4.69) is 5.32 Å². The normalized spacial score (nSPS) is 14.3. The van der Waals surface area contributed by atoms with Crippen molar-refractivity contribution in [1.82, 2.24) is 5.32 Å². The summed E-state index contributed by atoms with van der Waals surface area (Å²) >= 11 is 0. The van der Waals surface area contributed by atoms with Crippen molar-refractivity contribution < 1.29 is 19.8 Å². The summed E-state index contributed by atoms with van der Waals surface area (Å²) in [4.78, 5) is 22.7. The van der Waals surface area contributed by atoms with E-state index in [1.807, 2.05) is 26.8 Å². The van der Waals surface area contributed by atoms with Crippen LogP contribution in [0.1, 0.15) is 45.1 Å². The van der Waals surface area contributed by atoms with Crippen LogP contribution in [-0.2, 0) is 9.59 Å². The molecular weight excluding hydrogens is 282 g/mol. The highest BCUT2D eigenvalue weighted by Crippen LogP contribution is 2.22. The van der Waals surface area contributed by atoms with Crippen LogP contribution in [0, 0.1) is 5.41 Å². The van der Waals surface area contributed by atoms with Gasteiger partial charge in [-0.2, -0.15) is 0 Å². The lowest BCUT2D eigenvalue weighted by Gasteiger charge is -2.24. The van der Waals surface area contributed by atoms with Gasteiger partial charge in [0.2, 0.25) is 0 Å². The zero-order valence-corrected chi connectivity index (χ0v) is 13.4. The fraction of sp³-hybridized carbons (Fsp3) is 0.529. The van der Waals surface area contributed by atoms with Crippen molar-refractivity contribution in [2.45, 2.75) is 45.6 Å². The summed E-state index contributed by atoms with van der Waals surface area (Å²) in [6.07, 6.45) is 0.846. The van der Waals surface area contributed by atoms with E-state index < -0.39 is 23.9 Å². The van der Waals surface area contributed by atoms with Crippen LogP contribution in [0.15, 0.2) is 30.3 Å². The van der Waals surface area contributed by atoms with Crippen LogP contribution in [0.5, 0.6) is 0 Å². The van der Waals surface area contributed by atoms with Gasteiger partial charge in [-0.05, 0) is 30.4 Å². The molecule has 2 atom stereocenters. The Hall–Kier alpha value is -1.88. The standard InChI is InChI=1S/C17H25NO4/c1-17(2,3)11-14(16(21)22)18-10-9-13(15(19)20)12-7-5-4-6-8-12/h4-8,13-14,18H,9-11H2,1-3H3,(H,19,20)(H,21,22). The van der Waals surface area contributed by atoms with Crippen LogP contribution in [0.3, 0.4) is 0 Å². The number of hydrogen-bond acceptors (Lipinski definition) is 3. The van der Waals surface area contributed by atoms with Crippen LogP contribution in [0.2, 0.25) is 0 Å². The first-order valence-electron chi connectivity index (χ1n) is 7.44. The van der Waals surface area contributed by atoms with Gasteiger partial charge in [-0.15, -0.1) is 0 Å². The van der Waals surface area contributed by atoms with Crippen LogP contribution >= 0.6 is 0 Å². The maximum atomic E-state index is 11.4. The summed E-state index contributed by atoms with van der Waals surface area (Å²) in [5.74, 6) is -2.42. The molecule has 1 aromatic rings. The van der Waals surface area contributed by atoms with Crippen LogP contribution < -0.4 is 5.32 Å². The molecule has 3 N–H and O–H groups in total. The Bertz CT molecular complexity index is 493. The number of aliphatic carboxylic acids is 2. The fourth-order valence-corrected chi connectivity index (χ4v) is 2.38. The van der Waals surface area contributed by atoms with Gasteiger partial charge in [0.15, 0.2) is 0 Å². The lowest BCUT2D eigenvalue weighted by Crippen LogP contribution is -2.40. The van der Waals surface area contributed by atoms with Gasteiger partial charge in [0.25, 0.3) is 0 Å². The highest BCUT2D eigenvalue weighted by Gasteiger charge is 2.25. The average Bonchev–Trinajstić information content (AvgIpc) is 2.41. The first kappa shape index (κ1) is 18.2. The molecule has 0 aromatic heterocycles. The van der Waals surface area contributed by atoms with E-state index in [1.54, 1.807) is 24.3 Å². The second kappa shape index (κ2) is 7.94. The number of carboxylic acid groups (broad SMARTS) is 2. The minimum atomic E-state index is -0.901. The number of rotatable bonds is 8. The molecule has 0 bridgehead atoms. The van der Waals surface area contributed by atoms with Gasteiger partial charge in [0.05, 0.1) is 5.92 Å². The SMILES string of the molecule is CC(C)(C)CC(NCCC(C(=O)O)c1ccccc1)C(=O)O. The van der Waals surface area contributed by atoms with Crippen LogP contribution in [-0.4, -0.2) is 34.7 Å². The molecule has 2 unspecified atom stereocenters. The topological polar surface area (TPSA) is 86.6 Å². The monoisotopic (exact) mass is 307 g/mol. The lowest BCUT2D eigenvalue weighted by molar-refractivity contribution is -0.140. The van der Waals surface area contributed by atoms with Gasteiger partial charge in [-0.1, -0.05) is 51.1 Å². The minimum absolute atomic E-state index is 0.109. The second-order valence-corrected chi connectivity index (χ2v) is 6.70. The summed E-state index contributed by atoms with van der Waals surface area (Å²) in [6, 6.07) is 8.34. The molecule has 0 radical (unpaired) electrons. The van der Waals surface area contributed by atoms with Gasteiger partial charge in [0, 0.05) is 0 Å². The zero-order valence-electron chi connectivity index (χ0n) is 13.4. The van der Waals surface area contributed by atoms with Gasteiger partial charge in [-0.25, -0.2) is 0 Å². The molecule has 1 rings (SSSR count). The van der Waals surface area contributed by atoms with E-state index >= 15 is 0 Å². The molecule has 122 valence electrons. The molecule has 0 fully saturated rings. The van der Waals surface area contributed by atoms with Crippen molar-refractivity contribution in [3.8, 4) is 0 Å². The van der Waals surface area contributed by atoms with E-state index in [9.17, 15) is 19.8 Å². The molecule has 5 heteroatoms. The molecule has 1 aromatic carbocycles. The Kier molecular flexibility index (Phi) is 6.56. The molecule has 0 saturated heterocycles. The Morgan fingerprint density at radius 2 is 1.68 bits per heavy atom. The molecule has 0 amide bonds. The molecule has 0 aliphatic carbocycles. The Balaban J connectivity index is 2.62. The number of carboxylic acids is 2. The summed E-state index contributed by atoms with van der Waals surface area (Å²) in [7, 11) is 0. The van der Waals surface area contributed by atoms with E-state index in [4.69, 9.17) is 0 Å². The maximum Gasteiger partial charge on any atom is 0.320 e. The Labute approximate surface area is 131 Å². The fourth-order valence-electron chi connectivity index (χ4n) is 2.38. The molecule has 5 nitrogen and oxygen atoms in total. The number of carbonyl (C=O) groups is 2. The van der Waals surface area contributed by atoms with Crippen molar-refractivity contribution in [1.29, 1.82) is 0 Å². The first-order valence-corrected chi connectivity index (χ1v) is 7.44. The minimum Gasteiger partial charge on any atom is -0.481 e. The number of hydrogen-bond donors (Lipinski definition) is 3. The highest BCUT2D eigenvalue weighted by molar-refractivity contribution is 5.76. The van der Waals surface area contributed by atoms with Crippen molar-refractivity contribution in [3.63, 3.8) is 0 Å². The third-order valence-electron chi connectivity index (χ3n) is 3.44. The molecule has 0 aliphatic heterocycles. The van der Waals surface area contributed by atoms with Crippen LogP contribution in [0.25, 0.3) is 0 Å². The van der Waals surface area contributed by atoms with E-state index in [1.165, 1.54) is 0 Å². The zero-order chi connectivity index (χ0) is 16.8. The van der Waals surface area contributed by atoms with Gasteiger partial charge in [0.1, 0.15) is 6.04 Å². The number of nitrogens with one attached hydrogen (secondary N) is 1. The third kappa shape index (κ3) is 6.26. The summed E-state index contributed by atoms with van der Waals surface area (Å²) in [5, 5.41) is 21.6. The average molecular weight is 307 g/mol. The lowest BCUT2D eigenvalue weighted by atomic mass is 9.88. The van der Waals surface area contributed by atoms with E-state index in [0.29, 0.717) is 19.4 Å². The second-order valence-electron chi connectivity index (χ2n) is 6.70. The molecule has 0 saturated carbocycles. The van der Waals surface area contributed by atoms with Crippen molar-refractivity contribution in [2.24, 2.45) is 5.41 Å². The highest BCUT2D eigenvalue weighted by atomic mass is 16.4. The van der Waals surface area contributed by atoms with E-state index in [-0.39, 0.29) is 5.41 Å². The molecule has 0 spiro atoms. The van der Waals surface area contributed by atoms with Gasteiger partial charge in [-0.3, -0.25) is 9.59 Å². The molecule has 0 heterocycles. The maximum absolute atomic E-state index is 11.4. The molecular formula is C17H25NO4. The van der Waals surface area contributed by atoms with Crippen molar-refractivity contribution in [2.75, 3.05) is 6.54 Å². The third-order valence-corrected chi connectivity index (χ3v) is 3.44.